The number of anilines is 1. The summed E-state index contributed by atoms with van der Waals surface area (Å²) in [5.41, 5.74) is 4.60. The number of aromatic nitrogens is 1. The molecule has 128 valence electrons. The Bertz CT molecular complexity index is 838. The molecule has 1 aromatic heterocycles. The molecule has 0 amide bonds. The summed E-state index contributed by atoms with van der Waals surface area (Å²) >= 11 is 0. The first-order valence-electron chi connectivity index (χ1n) is 9.22. The maximum Gasteiger partial charge on any atom is 0.0725 e. The molecule has 1 aliphatic heterocycles. The van der Waals surface area contributed by atoms with Crippen molar-refractivity contribution in [2.24, 2.45) is 0 Å². The molecule has 0 spiro atoms. The molecule has 25 heavy (non-hydrogen) atoms. The van der Waals surface area contributed by atoms with E-state index in [9.17, 15) is 0 Å². The molecule has 1 unspecified atom stereocenters. The summed E-state index contributed by atoms with van der Waals surface area (Å²) in [6.45, 7) is 3.17. The van der Waals surface area contributed by atoms with E-state index in [0.717, 1.165) is 17.8 Å². The first kappa shape index (κ1) is 16.1. The zero-order valence-electron chi connectivity index (χ0n) is 14.7. The van der Waals surface area contributed by atoms with Gasteiger partial charge in [0.05, 0.1) is 11.6 Å². The third-order valence-corrected chi connectivity index (χ3v) is 5.06. The van der Waals surface area contributed by atoms with Crippen molar-refractivity contribution in [2.75, 3.05) is 11.9 Å². The van der Waals surface area contributed by atoms with E-state index < -0.39 is 0 Å². The summed E-state index contributed by atoms with van der Waals surface area (Å²) in [6, 6.07) is 22.0. The van der Waals surface area contributed by atoms with Gasteiger partial charge in [-0.3, -0.25) is 4.98 Å². The van der Waals surface area contributed by atoms with Gasteiger partial charge < -0.3 is 10.6 Å². The molecule has 0 aliphatic carbocycles. The van der Waals surface area contributed by atoms with Gasteiger partial charge in [0.2, 0.25) is 0 Å². The Hall–Kier alpha value is -2.39. The van der Waals surface area contributed by atoms with E-state index in [0.29, 0.717) is 6.04 Å². The fourth-order valence-electron chi connectivity index (χ4n) is 3.83. The molecule has 0 bridgehead atoms. The van der Waals surface area contributed by atoms with Crippen LogP contribution in [-0.2, 0) is 0 Å². The molecule has 2 atom stereocenters. The highest BCUT2D eigenvalue weighted by molar-refractivity contribution is 5.91. The maximum atomic E-state index is 4.67. The van der Waals surface area contributed by atoms with E-state index in [2.05, 4.69) is 83.2 Å². The molecule has 4 rings (SSSR count). The SMILES string of the molecule is Cc1cc(NC(c2ccccc2)[C@@H]2CCCCN2)c2ccccc2n1. The summed E-state index contributed by atoms with van der Waals surface area (Å²) in [7, 11) is 0. The second-order valence-corrected chi connectivity index (χ2v) is 6.92. The second-order valence-electron chi connectivity index (χ2n) is 6.92. The maximum absolute atomic E-state index is 4.67. The lowest BCUT2D eigenvalue weighted by atomic mass is 9.92. The van der Waals surface area contributed by atoms with Gasteiger partial charge in [0, 0.05) is 22.8 Å². The normalized spacial score (nSPS) is 18.8. The fourth-order valence-corrected chi connectivity index (χ4v) is 3.83. The lowest BCUT2D eigenvalue weighted by Crippen LogP contribution is -2.41. The van der Waals surface area contributed by atoms with Gasteiger partial charge in [-0.05, 0) is 44.0 Å². The lowest BCUT2D eigenvalue weighted by molar-refractivity contribution is 0.366. The van der Waals surface area contributed by atoms with Gasteiger partial charge in [-0.15, -0.1) is 0 Å². The number of piperidine rings is 1. The summed E-state index contributed by atoms with van der Waals surface area (Å²) < 4.78 is 0. The van der Waals surface area contributed by atoms with Crippen LogP contribution in [-0.4, -0.2) is 17.6 Å². The Labute approximate surface area is 149 Å². The minimum Gasteiger partial charge on any atom is -0.376 e. The average Bonchev–Trinajstić information content (AvgIpc) is 2.67. The van der Waals surface area contributed by atoms with E-state index in [4.69, 9.17) is 0 Å². The quantitative estimate of drug-likeness (QED) is 0.718. The fraction of sp³-hybridized carbons (Fsp3) is 0.318. The Kier molecular flexibility index (Phi) is 4.66. The van der Waals surface area contributed by atoms with E-state index in [1.54, 1.807) is 0 Å². The molecular weight excluding hydrogens is 306 g/mol. The van der Waals surface area contributed by atoms with Crippen LogP contribution in [0, 0.1) is 6.92 Å². The van der Waals surface area contributed by atoms with Gasteiger partial charge in [-0.1, -0.05) is 55.0 Å². The van der Waals surface area contributed by atoms with Crippen LogP contribution < -0.4 is 10.6 Å². The van der Waals surface area contributed by atoms with Crippen LogP contribution in [0.5, 0.6) is 0 Å². The van der Waals surface area contributed by atoms with Crippen LogP contribution in [0.15, 0.2) is 60.7 Å². The number of rotatable bonds is 4. The van der Waals surface area contributed by atoms with Crippen molar-refractivity contribution in [2.45, 2.75) is 38.3 Å². The number of hydrogen-bond donors (Lipinski definition) is 2. The highest BCUT2D eigenvalue weighted by Gasteiger charge is 2.25. The number of aryl methyl sites for hydroxylation is 1. The zero-order valence-corrected chi connectivity index (χ0v) is 14.7. The first-order chi connectivity index (χ1) is 12.3. The molecule has 1 saturated heterocycles. The lowest BCUT2D eigenvalue weighted by Gasteiger charge is -2.33. The molecule has 2 aromatic carbocycles. The number of pyridine rings is 1. The Morgan fingerprint density at radius 1 is 1.04 bits per heavy atom. The summed E-state index contributed by atoms with van der Waals surface area (Å²) in [6.07, 6.45) is 3.77. The highest BCUT2D eigenvalue weighted by Crippen LogP contribution is 2.31. The van der Waals surface area contributed by atoms with E-state index in [1.165, 1.54) is 35.9 Å². The number of fused-ring (bicyclic) bond motifs is 1. The minimum atomic E-state index is 0.256. The van der Waals surface area contributed by atoms with Crippen LogP contribution in [0.25, 0.3) is 10.9 Å². The zero-order chi connectivity index (χ0) is 17.1. The van der Waals surface area contributed by atoms with E-state index in [-0.39, 0.29) is 6.04 Å². The van der Waals surface area contributed by atoms with E-state index in [1.807, 2.05) is 0 Å². The van der Waals surface area contributed by atoms with Crippen molar-refractivity contribution in [3.8, 4) is 0 Å². The van der Waals surface area contributed by atoms with Crippen LogP contribution >= 0.6 is 0 Å². The smallest absolute Gasteiger partial charge is 0.0725 e. The summed E-state index contributed by atoms with van der Waals surface area (Å²) in [5, 5.41) is 8.75. The largest absolute Gasteiger partial charge is 0.376 e. The Balaban J connectivity index is 1.74. The Morgan fingerprint density at radius 2 is 1.84 bits per heavy atom. The van der Waals surface area contributed by atoms with Crippen LogP contribution in [0.3, 0.4) is 0 Å². The highest BCUT2D eigenvalue weighted by atomic mass is 15.0. The average molecular weight is 331 g/mol. The number of nitrogens with one attached hydrogen (secondary N) is 2. The molecule has 0 radical (unpaired) electrons. The van der Waals surface area contributed by atoms with E-state index >= 15 is 0 Å². The van der Waals surface area contributed by atoms with Gasteiger partial charge in [-0.25, -0.2) is 0 Å². The predicted molar refractivity (Wildman–Crippen MR) is 105 cm³/mol. The first-order valence-corrected chi connectivity index (χ1v) is 9.22. The minimum absolute atomic E-state index is 0.256. The third kappa shape index (κ3) is 3.52. The van der Waals surface area contributed by atoms with Crippen molar-refractivity contribution < 1.29 is 0 Å². The van der Waals surface area contributed by atoms with Gasteiger partial charge in [0.15, 0.2) is 0 Å². The third-order valence-electron chi connectivity index (χ3n) is 5.06. The topological polar surface area (TPSA) is 37.0 Å². The van der Waals surface area contributed by atoms with Crippen LogP contribution in [0.2, 0.25) is 0 Å². The molecular formula is C22H25N3. The molecule has 2 heterocycles. The van der Waals surface area contributed by atoms with Gasteiger partial charge in [0.25, 0.3) is 0 Å². The molecule has 3 heteroatoms. The van der Waals surface area contributed by atoms with Crippen molar-refractivity contribution in [3.05, 3.63) is 71.9 Å². The Morgan fingerprint density at radius 3 is 2.64 bits per heavy atom. The number of nitrogens with zero attached hydrogens (tertiary/aromatic N) is 1. The number of hydrogen-bond acceptors (Lipinski definition) is 3. The number of para-hydroxylation sites is 1. The summed E-state index contributed by atoms with van der Waals surface area (Å²) in [4.78, 5) is 4.67. The molecule has 0 saturated carbocycles. The van der Waals surface area contributed by atoms with Crippen molar-refractivity contribution in [1.82, 2.24) is 10.3 Å². The molecule has 3 aromatic rings. The second kappa shape index (κ2) is 7.24. The van der Waals surface area contributed by atoms with Crippen LogP contribution in [0.4, 0.5) is 5.69 Å². The molecule has 1 aliphatic rings. The van der Waals surface area contributed by atoms with Gasteiger partial charge in [0.1, 0.15) is 0 Å². The van der Waals surface area contributed by atoms with Crippen molar-refractivity contribution >= 4 is 16.6 Å². The molecule has 3 nitrogen and oxygen atoms in total. The van der Waals surface area contributed by atoms with Gasteiger partial charge in [-0.2, -0.15) is 0 Å². The standard InChI is InChI=1S/C22H25N3/c1-16-15-21(18-11-5-6-12-19(18)24-16)25-22(17-9-3-2-4-10-17)20-13-7-8-14-23-20/h2-6,9-12,15,20,22-23H,7-8,13-14H2,1H3,(H,24,25)/t20-,22?/m0/s1. The number of benzene rings is 2. The van der Waals surface area contributed by atoms with Crippen molar-refractivity contribution in [1.29, 1.82) is 0 Å². The molecule has 2 N–H and O–H groups in total. The summed E-state index contributed by atoms with van der Waals surface area (Å²) in [5.74, 6) is 0. The van der Waals surface area contributed by atoms with Crippen molar-refractivity contribution in [3.63, 3.8) is 0 Å². The molecule has 1 fully saturated rings. The monoisotopic (exact) mass is 331 g/mol. The van der Waals surface area contributed by atoms with Crippen LogP contribution in [0.1, 0.15) is 36.6 Å². The predicted octanol–water partition coefficient (Wildman–Crippen LogP) is 4.84. The van der Waals surface area contributed by atoms with Gasteiger partial charge >= 0.3 is 0 Å².